The quantitative estimate of drug-likeness (QED) is 0.736. The second-order valence-corrected chi connectivity index (χ2v) is 7.24. The van der Waals surface area contributed by atoms with Crippen LogP contribution in [-0.2, 0) is 4.79 Å². The summed E-state index contributed by atoms with van der Waals surface area (Å²) >= 11 is 6.57. The second kappa shape index (κ2) is 8.22. The van der Waals surface area contributed by atoms with Gasteiger partial charge in [-0.05, 0) is 63.5 Å². The van der Waals surface area contributed by atoms with Gasteiger partial charge in [0.2, 0.25) is 5.91 Å². The number of amides is 1. The molecule has 1 aliphatic rings. The van der Waals surface area contributed by atoms with Crippen molar-refractivity contribution >= 4 is 43.6 Å². The van der Waals surface area contributed by atoms with E-state index in [1.54, 1.807) is 6.20 Å². The Labute approximate surface area is 142 Å². The number of hydrogen-bond acceptors (Lipinski definition) is 3. The molecule has 0 saturated heterocycles. The predicted molar refractivity (Wildman–Crippen MR) is 91.0 cm³/mol. The maximum atomic E-state index is 12.3. The Morgan fingerprint density at radius 3 is 2.67 bits per heavy atom. The van der Waals surface area contributed by atoms with E-state index in [1.165, 1.54) is 32.1 Å². The van der Waals surface area contributed by atoms with E-state index in [2.05, 4.69) is 54.1 Å². The van der Waals surface area contributed by atoms with Gasteiger partial charge in [-0.25, -0.2) is 9.97 Å². The molecule has 0 spiro atoms. The molecule has 0 atom stereocenters. The van der Waals surface area contributed by atoms with E-state index in [0.717, 1.165) is 18.8 Å². The number of hydrogen-bond donors (Lipinski definition) is 1. The Bertz CT molecular complexity index is 488. The van der Waals surface area contributed by atoms with E-state index in [0.29, 0.717) is 15.0 Å². The molecule has 2 rings (SSSR count). The number of halogens is 2. The smallest absolute Gasteiger partial charge is 0.228 e. The van der Waals surface area contributed by atoms with Gasteiger partial charge in [0.05, 0.1) is 6.20 Å². The minimum absolute atomic E-state index is 0.0706. The highest BCUT2D eigenvalue weighted by Gasteiger charge is 2.26. The molecule has 1 fully saturated rings. The normalized spacial score (nSPS) is 22.0. The lowest BCUT2D eigenvalue weighted by atomic mass is 9.79. The first-order valence-corrected chi connectivity index (χ1v) is 9.17. The molecule has 116 valence electrons. The van der Waals surface area contributed by atoms with Crippen LogP contribution in [0.15, 0.2) is 15.4 Å². The summed E-state index contributed by atoms with van der Waals surface area (Å²) in [6.45, 7) is 2.23. The molecule has 0 bridgehead atoms. The third-order valence-electron chi connectivity index (χ3n) is 4.13. The van der Waals surface area contributed by atoms with Crippen molar-refractivity contribution < 1.29 is 4.79 Å². The van der Waals surface area contributed by atoms with Crippen molar-refractivity contribution in [2.75, 3.05) is 5.32 Å². The number of carbonyl (C=O) groups is 1. The molecule has 1 amide bonds. The summed E-state index contributed by atoms with van der Waals surface area (Å²) in [5, 5.41) is 2.88. The molecule has 6 heteroatoms. The van der Waals surface area contributed by atoms with Gasteiger partial charge in [0, 0.05) is 5.92 Å². The predicted octanol–water partition coefficient (Wildman–Crippen LogP) is 4.94. The molecule has 0 radical (unpaired) electrons. The van der Waals surface area contributed by atoms with Gasteiger partial charge < -0.3 is 5.32 Å². The van der Waals surface area contributed by atoms with E-state index in [1.807, 2.05) is 0 Å². The fraction of sp³-hybridized carbons (Fsp3) is 0.667. The Hall–Kier alpha value is -0.490. The molecule has 21 heavy (non-hydrogen) atoms. The molecule has 0 aliphatic heterocycles. The Morgan fingerprint density at radius 1 is 1.33 bits per heavy atom. The number of rotatable bonds is 5. The van der Waals surface area contributed by atoms with Crippen LogP contribution in [-0.4, -0.2) is 15.9 Å². The van der Waals surface area contributed by atoms with Crippen LogP contribution in [0.25, 0.3) is 0 Å². The first-order chi connectivity index (χ1) is 10.1. The first-order valence-electron chi connectivity index (χ1n) is 7.59. The van der Waals surface area contributed by atoms with Crippen LogP contribution < -0.4 is 5.32 Å². The standard InChI is InChI=1S/C15H21Br2N3O/c1-2-3-4-10-5-7-11(8-6-10)15(21)20-14-13(17)19-12(16)9-18-14/h9-11H,2-8H2,1H3,(H,18,20,21). The number of anilines is 1. The van der Waals surface area contributed by atoms with Gasteiger partial charge in [0.15, 0.2) is 5.82 Å². The number of carbonyl (C=O) groups excluding carboxylic acids is 1. The largest absolute Gasteiger partial charge is 0.308 e. The molecular weight excluding hydrogens is 398 g/mol. The van der Waals surface area contributed by atoms with Crippen LogP contribution in [0.5, 0.6) is 0 Å². The molecular formula is C15H21Br2N3O. The van der Waals surface area contributed by atoms with Crippen LogP contribution in [0.3, 0.4) is 0 Å². The Kier molecular flexibility index (Phi) is 6.61. The third kappa shape index (κ3) is 5.02. The number of nitrogens with one attached hydrogen (secondary N) is 1. The van der Waals surface area contributed by atoms with Gasteiger partial charge in [-0.1, -0.05) is 26.2 Å². The topological polar surface area (TPSA) is 54.9 Å². The second-order valence-electron chi connectivity index (χ2n) is 5.68. The fourth-order valence-corrected chi connectivity index (χ4v) is 3.77. The average molecular weight is 419 g/mol. The van der Waals surface area contributed by atoms with E-state index >= 15 is 0 Å². The summed E-state index contributed by atoms with van der Waals surface area (Å²) in [7, 11) is 0. The number of unbranched alkanes of at least 4 members (excludes halogenated alkanes) is 1. The van der Waals surface area contributed by atoms with Gasteiger partial charge in [0.25, 0.3) is 0 Å². The molecule has 1 N–H and O–H groups in total. The van der Waals surface area contributed by atoms with Crippen LogP contribution in [0.1, 0.15) is 51.9 Å². The van der Waals surface area contributed by atoms with Crippen molar-refractivity contribution in [2.45, 2.75) is 51.9 Å². The summed E-state index contributed by atoms with van der Waals surface area (Å²) in [4.78, 5) is 20.7. The van der Waals surface area contributed by atoms with E-state index in [9.17, 15) is 4.79 Å². The molecule has 0 aromatic carbocycles. The van der Waals surface area contributed by atoms with Gasteiger partial charge >= 0.3 is 0 Å². The van der Waals surface area contributed by atoms with Gasteiger partial charge in [-0.3, -0.25) is 4.79 Å². The van der Waals surface area contributed by atoms with Crippen molar-refractivity contribution in [1.29, 1.82) is 0 Å². The van der Waals surface area contributed by atoms with Crippen LogP contribution >= 0.6 is 31.9 Å². The minimum Gasteiger partial charge on any atom is -0.308 e. The molecule has 0 unspecified atom stereocenters. The third-order valence-corrected chi connectivity index (χ3v) is 5.06. The average Bonchev–Trinajstić information content (AvgIpc) is 2.48. The van der Waals surface area contributed by atoms with Crippen molar-refractivity contribution in [2.24, 2.45) is 11.8 Å². The molecule has 1 aromatic rings. The van der Waals surface area contributed by atoms with Crippen LogP contribution in [0.2, 0.25) is 0 Å². The molecule has 4 nitrogen and oxygen atoms in total. The van der Waals surface area contributed by atoms with Gasteiger partial charge in [0.1, 0.15) is 9.21 Å². The maximum absolute atomic E-state index is 12.3. The summed E-state index contributed by atoms with van der Waals surface area (Å²) in [5.41, 5.74) is 0. The minimum atomic E-state index is 0.0706. The maximum Gasteiger partial charge on any atom is 0.228 e. The SMILES string of the molecule is CCCCC1CCC(C(=O)Nc2ncc(Br)nc2Br)CC1. The summed E-state index contributed by atoms with van der Waals surface area (Å²) in [6.07, 6.45) is 9.79. The van der Waals surface area contributed by atoms with E-state index < -0.39 is 0 Å². The van der Waals surface area contributed by atoms with Gasteiger partial charge in [-0.2, -0.15) is 0 Å². The molecule has 1 heterocycles. The zero-order valence-corrected chi connectivity index (χ0v) is 15.4. The van der Waals surface area contributed by atoms with E-state index in [4.69, 9.17) is 0 Å². The summed E-state index contributed by atoms with van der Waals surface area (Å²) in [5.74, 6) is 1.49. The fourth-order valence-electron chi connectivity index (χ4n) is 2.86. The number of aromatic nitrogens is 2. The lowest BCUT2D eigenvalue weighted by Crippen LogP contribution is -2.27. The highest BCUT2D eigenvalue weighted by molar-refractivity contribution is 9.11. The zero-order valence-electron chi connectivity index (χ0n) is 12.2. The monoisotopic (exact) mass is 417 g/mol. The van der Waals surface area contributed by atoms with E-state index in [-0.39, 0.29) is 11.8 Å². The highest BCUT2D eigenvalue weighted by Crippen LogP contribution is 2.32. The first kappa shape index (κ1) is 16.9. The van der Waals surface area contributed by atoms with Crippen molar-refractivity contribution in [1.82, 2.24) is 9.97 Å². The van der Waals surface area contributed by atoms with Gasteiger partial charge in [-0.15, -0.1) is 0 Å². The highest BCUT2D eigenvalue weighted by atomic mass is 79.9. The zero-order chi connectivity index (χ0) is 15.2. The molecule has 1 aromatic heterocycles. The Balaban J connectivity index is 1.84. The summed E-state index contributed by atoms with van der Waals surface area (Å²) < 4.78 is 1.20. The van der Waals surface area contributed by atoms with Crippen molar-refractivity contribution in [3.8, 4) is 0 Å². The molecule has 1 aliphatic carbocycles. The summed E-state index contributed by atoms with van der Waals surface area (Å²) in [6, 6.07) is 0. The Morgan fingerprint density at radius 2 is 2.05 bits per heavy atom. The van der Waals surface area contributed by atoms with Crippen LogP contribution in [0, 0.1) is 11.8 Å². The number of nitrogens with zero attached hydrogens (tertiary/aromatic N) is 2. The lowest BCUT2D eigenvalue weighted by molar-refractivity contribution is -0.121. The van der Waals surface area contributed by atoms with Crippen molar-refractivity contribution in [3.05, 3.63) is 15.4 Å². The van der Waals surface area contributed by atoms with Crippen molar-refractivity contribution in [3.63, 3.8) is 0 Å². The van der Waals surface area contributed by atoms with Crippen LogP contribution in [0.4, 0.5) is 5.82 Å². The lowest BCUT2D eigenvalue weighted by Gasteiger charge is -2.27. The molecule has 1 saturated carbocycles.